The third kappa shape index (κ3) is 2.13. The number of carbonyl (C=O) groups is 1. The summed E-state index contributed by atoms with van der Waals surface area (Å²) in [7, 11) is 0. The van der Waals surface area contributed by atoms with Crippen molar-refractivity contribution in [2.24, 2.45) is 5.73 Å². The summed E-state index contributed by atoms with van der Waals surface area (Å²) in [5.74, 6) is -0.616. The average molecular weight is 227 g/mol. The number of rotatable bonds is 3. The molecule has 84 valence electrons. The first-order chi connectivity index (χ1) is 8.22. The molecular weight excluding hydrogens is 218 g/mol. The Labute approximate surface area is 97.3 Å². The minimum absolute atomic E-state index is 0.0227. The molecule has 17 heavy (non-hydrogen) atoms. The van der Waals surface area contributed by atoms with Gasteiger partial charge in [0.2, 0.25) is 0 Å². The molecule has 0 fully saturated rings. The van der Waals surface area contributed by atoms with Crippen molar-refractivity contribution in [3.05, 3.63) is 36.2 Å². The number of carbonyl (C=O) groups excluding carboxylic acids is 1. The fourth-order valence-corrected chi connectivity index (χ4v) is 1.44. The molecule has 0 atom stereocenters. The second-order valence-electron chi connectivity index (χ2n) is 3.31. The van der Waals surface area contributed by atoms with Crippen LogP contribution in [-0.4, -0.2) is 20.7 Å². The van der Waals surface area contributed by atoms with E-state index in [9.17, 15) is 4.79 Å². The number of primary amides is 1. The Balaban J connectivity index is 2.48. The smallest absolute Gasteiger partial charge is 0.267 e. The summed E-state index contributed by atoms with van der Waals surface area (Å²) in [6.45, 7) is -0.0227. The molecule has 0 aliphatic heterocycles. The number of aromatic nitrogens is 3. The molecule has 0 aromatic carbocycles. The molecule has 0 bridgehead atoms. The molecule has 6 nitrogen and oxygen atoms in total. The van der Waals surface area contributed by atoms with Gasteiger partial charge in [0.25, 0.3) is 5.91 Å². The molecule has 2 aromatic rings. The Morgan fingerprint density at radius 3 is 2.88 bits per heavy atom. The molecule has 0 radical (unpaired) electrons. The van der Waals surface area contributed by atoms with Gasteiger partial charge >= 0.3 is 0 Å². The van der Waals surface area contributed by atoms with Crippen LogP contribution in [0.1, 0.15) is 10.5 Å². The third-order valence-electron chi connectivity index (χ3n) is 2.18. The highest BCUT2D eigenvalue weighted by molar-refractivity contribution is 5.92. The van der Waals surface area contributed by atoms with Crippen molar-refractivity contribution >= 4 is 5.91 Å². The molecule has 2 N–H and O–H groups in total. The minimum atomic E-state index is -0.616. The van der Waals surface area contributed by atoms with E-state index >= 15 is 0 Å². The van der Waals surface area contributed by atoms with Gasteiger partial charge in [0.1, 0.15) is 17.9 Å². The second kappa shape index (κ2) is 4.45. The summed E-state index contributed by atoms with van der Waals surface area (Å²) in [6.07, 6.45) is 1.63. The molecule has 0 aliphatic carbocycles. The van der Waals surface area contributed by atoms with Crippen LogP contribution in [0, 0.1) is 11.3 Å². The molecular formula is C11H9N5O. The quantitative estimate of drug-likeness (QED) is 0.828. The molecule has 0 spiro atoms. The van der Waals surface area contributed by atoms with Crippen molar-refractivity contribution in [3.8, 4) is 17.5 Å². The summed E-state index contributed by atoms with van der Waals surface area (Å²) in [5.41, 5.74) is 6.56. The lowest BCUT2D eigenvalue weighted by Crippen LogP contribution is -2.17. The highest BCUT2D eigenvalue weighted by atomic mass is 16.1. The van der Waals surface area contributed by atoms with E-state index < -0.39 is 5.91 Å². The molecule has 2 rings (SSSR count). The maximum atomic E-state index is 11.2. The van der Waals surface area contributed by atoms with Crippen LogP contribution in [0.25, 0.3) is 11.4 Å². The van der Waals surface area contributed by atoms with E-state index in [4.69, 9.17) is 11.0 Å². The molecule has 0 unspecified atom stereocenters. The number of hydrogen-bond donors (Lipinski definition) is 1. The molecule has 1 amide bonds. The van der Waals surface area contributed by atoms with Gasteiger partial charge in [0.05, 0.1) is 11.8 Å². The normalized spacial score (nSPS) is 9.82. The number of nitrogens with zero attached hydrogens (tertiary/aromatic N) is 4. The zero-order valence-corrected chi connectivity index (χ0v) is 8.87. The van der Waals surface area contributed by atoms with E-state index in [1.807, 2.05) is 12.1 Å². The van der Waals surface area contributed by atoms with Crippen LogP contribution in [0.5, 0.6) is 0 Å². The maximum Gasteiger partial charge on any atom is 0.267 e. The molecule has 2 aromatic heterocycles. The van der Waals surface area contributed by atoms with Gasteiger partial charge in [-0.2, -0.15) is 10.4 Å². The van der Waals surface area contributed by atoms with Gasteiger partial charge in [-0.25, -0.2) is 4.68 Å². The van der Waals surface area contributed by atoms with Crippen LogP contribution in [0.4, 0.5) is 0 Å². The van der Waals surface area contributed by atoms with Gasteiger partial charge in [-0.1, -0.05) is 6.07 Å². The topological polar surface area (TPSA) is 97.6 Å². The molecule has 6 heteroatoms. The van der Waals surface area contributed by atoms with E-state index in [-0.39, 0.29) is 12.2 Å². The lowest BCUT2D eigenvalue weighted by molar-refractivity contribution is 0.0990. The lowest BCUT2D eigenvalue weighted by atomic mass is 10.2. The average Bonchev–Trinajstić information content (AvgIpc) is 2.75. The van der Waals surface area contributed by atoms with Crippen LogP contribution >= 0.6 is 0 Å². The standard InChI is InChI=1S/C11H9N5O/c12-4-6-16-10(11(13)17)7-9(15-16)8-3-1-2-5-14-8/h1-3,5,7H,6H2,(H2,13,17). The van der Waals surface area contributed by atoms with Crippen LogP contribution in [0.3, 0.4) is 0 Å². The van der Waals surface area contributed by atoms with Gasteiger partial charge in [-0.3, -0.25) is 9.78 Å². The van der Waals surface area contributed by atoms with E-state index in [1.54, 1.807) is 18.3 Å². The molecule has 0 saturated heterocycles. The number of pyridine rings is 1. The SMILES string of the molecule is N#CCn1nc(-c2ccccn2)cc1C(N)=O. The van der Waals surface area contributed by atoms with Crippen molar-refractivity contribution in [1.82, 2.24) is 14.8 Å². The van der Waals surface area contributed by atoms with Gasteiger partial charge in [-0.05, 0) is 18.2 Å². The fraction of sp³-hybridized carbons (Fsp3) is 0.0909. The van der Waals surface area contributed by atoms with Crippen molar-refractivity contribution in [1.29, 1.82) is 5.26 Å². The predicted octanol–water partition coefficient (Wildman–Crippen LogP) is 0.568. The first kappa shape index (κ1) is 10.8. The van der Waals surface area contributed by atoms with Crippen molar-refractivity contribution in [3.63, 3.8) is 0 Å². The van der Waals surface area contributed by atoms with E-state index in [0.717, 1.165) is 0 Å². The molecule has 2 heterocycles. The fourth-order valence-electron chi connectivity index (χ4n) is 1.44. The Bertz CT molecular complexity index is 582. The number of nitriles is 1. The summed E-state index contributed by atoms with van der Waals surface area (Å²) in [6, 6.07) is 8.81. The monoisotopic (exact) mass is 227 g/mol. The lowest BCUT2D eigenvalue weighted by Gasteiger charge is -1.96. The van der Waals surface area contributed by atoms with Crippen molar-refractivity contribution in [2.45, 2.75) is 6.54 Å². The summed E-state index contributed by atoms with van der Waals surface area (Å²) in [5, 5.41) is 12.7. The Hall–Kier alpha value is -2.68. The zero-order valence-electron chi connectivity index (χ0n) is 8.87. The Morgan fingerprint density at radius 2 is 2.29 bits per heavy atom. The van der Waals surface area contributed by atoms with E-state index in [2.05, 4.69) is 10.1 Å². The van der Waals surface area contributed by atoms with Gasteiger partial charge < -0.3 is 5.73 Å². The van der Waals surface area contributed by atoms with Gasteiger partial charge in [0, 0.05) is 6.20 Å². The van der Waals surface area contributed by atoms with Crippen LogP contribution in [0.15, 0.2) is 30.5 Å². The number of hydrogen-bond acceptors (Lipinski definition) is 4. The summed E-state index contributed by atoms with van der Waals surface area (Å²) >= 11 is 0. The Morgan fingerprint density at radius 1 is 1.47 bits per heavy atom. The Kier molecular flexibility index (Phi) is 2.83. The largest absolute Gasteiger partial charge is 0.364 e. The van der Waals surface area contributed by atoms with Crippen molar-refractivity contribution < 1.29 is 4.79 Å². The first-order valence-electron chi connectivity index (χ1n) is 4.88. The maximum absolute atomic E-state index is 11.2. The second-order valence-corrected chi connectivity index (χ2v) is 3.31. The third-order valence-corrected chi connectivity index (χ3v) is 2.18. The van der Waals surface area contributed by atoms with E-state index in [1.165, 1.54) is 10.7 Å². The van der Waals surface area contributed by atoms with Gasteiger partial charge in [0.15, 0.2) is 0 Å². The van der Waals surface area contributed by atoms with E-state index in [0.29, 0.717) is 11.4 Å². The summed E-state index contributed by atoms with van der Waals surface area (Å²) < 4.78 is 1.27. The summed E-state index contributed by atoms with van der Waals surface area (Å²) in [4.78, 5) is 15.3. The highest BCUT2D eigenvalue weighted by Crippen LogP contribution is 2.16. The van der Waals surface area contributed by atoms with Crippen LogP contribution in [-0.2, 0) is 6.54 Å². The van der Waals surface area contributed by atoms with Gasteiger partial charge in [-0.15, -0.1) is 0 Å². The predicted molar refractivity (Wildman–Crippen MR) is 59.6 cm³/mol. The highest BCUT2D eigenvalue weighted by Gasteiger charge is 2.13. The molecule has 0 saturated carbocycles. The number of nitrogens with two attached hydrogens (primary N) is 1. The first-order valence-corrected chi connectivity index (χ1v) is 4.88. The zero-order chi connectivity index (χ0) is 12.3. The number of amides is 1. The van der Waals surface area contributed by atoms with Crippen LogP contribution in [0.2, 0.25) is 0 Å². The van der Waals surface area contributed by atoms with Crippen molar-refractivity contribution in [2.75, 3.05) is 0 Å². The van der Waals surface area contributed by atoms with Crippen LogP contribution < -0.4 is 5.73 Å². The molecule has 0 aliphatic rings. The minimum Gasteiger partial charge on any atom is -0.364 e.